The standard InChI is InChI=1S/C11H18N2O/c14-9-11(10-5-4-6-12-10)13-7-2-1-3-8-13/h4-6,11-12,14H,1-3,7-9H2. The summed E-state index contributed by atoms with van der Waals surface area (Å²) in [5.41, 5.74) is 1.13. The molecule has 0 aromatic carbocycles. The highest BCUT2D eigenvalue weighted by Gasteiger charge is 2.21. The maximum atomic E-state index is 9.39. The molecule has 2 rings (SSSR count). The summed E-state index contributed by atoms with van der Waals surface area (Å²) in [5, 5.41) is 9.39. The Kier molecular flexibility index (Phi) is 3.22. The van der Waals surface area contributed by atoms with E-state index in [4.69, 9.17) is 0 Å². The van der Waals surface area contributed by atoms with Crippen LogP contribution in [0.2, 0.25) is 0 Å². The predicted molar refractivity (Wildman–Crippen MR) is 56.0 cm³/mol. The Bertz CT molecular complexity index is 252. The molecule has 14 heavy (non-hydrogen) atoms. The van der Waals surface area contributed by atoms with Crippen LogP contribution in [0.1, 0.15) is 31.0 Å². The fourth-order valence-electron chi connectivity index (χ4n) is 2.19. The number of likely N-dealkylation sites (tertiary alicyclic amines) is 1. The van der Waals surface area contributed by atoms with Crippen LogP contribution in [0.25, 0.3) is 0 Å². The Morgan fingerprint density at radius 3 is 2.71 bits per heavy atom. The molecule has 1 saturated heterocycles. The normalized spacial score (nSPS) is 20.9. The Morgan fingerprint density at radius 2 is 2.14 bits per heavy atom. The van der Waals surface area contributed by atoms with Gasteiger partial charge in [0.1, 0.15) is 0 Å². The summed E-state index contributed by atoms with van der Waals surface area (Å²) in [5.74, 6) is 0. The van der Waals surface area contributed by atoms with E-state index in [2.05, 4.69) is 16.0 Å². The number of nitrogens with one attached hydrogen (secondary N) is 1. The second-order valence-electron chi connectivity index (χ2n) is 3.92. The molecule has 1 fully saturated rings. The van der Waals surface area contributed by atoms with E-state index in [9.17, 15) is 5.11 Å². The Labute approximate surface area is 84.7 Å². The third kappa shape index (κ3) is 1.99. The molecule has 1 aromatic heterocycles. The highest BCUT2D eigenvalue weighted by molar-refractivity contribution is 5.09. The fraction of sp³-hybridized carbons (Fsp3) is 0.636. The minimum atomic E-state index is 0.172. The first-order valence-corrected chi connectivity index (χ1v) is 5.40. The quantitative estimate of drug-likeness (QED) is 0.766. The average molecular weight is 194 g/mol. The summed E-state index contributed by atoms with van der Waals surface area (Å²) in [4.78, 5) is 5.55. The van der Waals surface area contributed by atoms with E-state index in [1.807, 2.05) is 12.3 Å². The number of aromatic nitrogens is 1. The van der Waals surface area contributed by atoms with Crippen molar-refractivity contribution in [1.29, 1.82) is 0 Å². The van der Waals surface area contributed by atoms with E-state index in [-0.39, 0.29) is 12.6 Å². The van der Waals surface area contributed by atoms with Crippen LogP contribution in [0, 0.1) is 0 Å². The zero-order valence-electron chi connectivity index (χ0n) is 8.45. The third-order valence-corrected chi connectivity index (χ3v) is 2.99. The summed E-state index contributed by atoms with van der Waals surface area (Å²) in [6.07, 6.45) is 5.77. The second-order valence-corrected chi connectivity index (χ2v) is 3.92. The molecule has 78 valence electrons. The van der Waals surface area contributed by atoms with Crippen LogP contribution in [0.3, 0.4) is 0 Å². The van der Waals surface area contributed by atoms with Gasteiger partial charge in [-0.1, -0.05) is 6.42 Å². The van der Waals surface area contributed by atoms with Gasteiger partial charge in [0.15, 0.2) is 0 Å². The molecular weight excluding hydrogens is 176 g/mol. The summed E-state index contributed by atoms with van der Waals surface area (Å²) < 4.78 is 0. The average Bonchev–Trinajstić information content (AvgIpc) is 2.74. The van der Waals surface area contributed by atoms with Gasteiger partial charge in [-0.3, -0.25) is 4.90 Å². The van der Waals surface area contributed by atoms with Gasteiger partial charge < -0.3 is 10.1 Å². The second kappa shape index (κ2) is 4.62. The van der Waals surface area contributed by atoms with Crippen molar-refractivity contribution in [3.05, 3.63) is 24.0 Å². The van der Waals surface area contributed by atoms with Gasteiger partial charge in [0.25, 0.3) is 0 Å². The summed E-state index contributed by atoms with van der Waals surface area (Å²) in [6, 6.07) is 4.21. The molecule has 1 aliphatic rings. The van der Waals surface area contributed by atoms with Gasteiger partial charge in [-0.05, 0) is 38.1 Å². The molecule has 0 radical (unpaired) electrons. The lowest BCUT2D eigenvalue weighted by molar-refractivity contribution is 0.102. The largest absolute Gasteiger partial charge is 0.394 e. The number of rotatable bonds is 3. The van der Waals surface area contributed by atoms with E-state index in [1.54, 1.807) is 0 Å². The molecule has 0 amide bonds. The molecule has 1 aromatic rings. The van der Waals surface area contributed by atoms with Gasteiger partial charge in [-0.15, -0.1) is 0 Å². The van der Waals surface area contributed by atoms with E-state index in [0.717, 1.165) is 18.8 Å². The minimum absolute atomic E-state index is 0.172. The Morgan fingerprint density at radius 1 is 1.36 bits per heavy atom. The van der Waals surface area contributed by atoms with Gasteiger partial charge in [0.05, 0.1) is 12.6 Å². The minimum Gasteiger partial charge on any atom is -0.394 e. The van der Waals surface area contributed by atoms with Crippen LogP contribution < -0.4 is 0 Å². The fourth-order valence-corrected chi connectivity index (χ4v) is 2.19. The predicted octanol–water partition coefficient (Wildman–Crippen LogP) is 1.53. The lowest BCUT2D eigenvalue weighted by Crippen LogP contribution is -2.35. The Hall–Kier alpha value is -0.800. The van der Waals surface area contributed by atoms with Crippen molar-refractivity contribution in [2.24, 2.45) is 0 Å². The summed E-state index contributed by atoms with van der Waals surface area (Å²) >= 11 is 0. The summed E-state index contributed by atoms with van der Waals surface area (Å²) in [6.45, 7) is 2.44. The van der Waals surface area contributed by atoms with Gasteiger partial charge in [-0.25, -0.2) is 0 Å². The molecule has 1 aliphatic heterocycles. The highest BCUT2D eigenvalue weighted by atomic mass is 16.3. The molecule has 0 spiro atoms. The third-order valence-electron chi connectivity index (χ3n) is 2.99. The monoisotopic (exact) mass is 194 g/mol. The Balaban J connectivity index is 2.04. The van der Waals surface area contributed by atoms with Crippen LogP contribution in [-0.4, -0.2) is 34.7 Å². The molecule has 1 unspecified atom stereocenters. The van der Waals surface area contributed by atoms with Gasteiger partial charge in [0, 0.05) is 11.9 Å². The number of aliphatic hydroxyl groups is 1. The van der Waals surface area contributed by atoms with Gasteiger partial charge >= 0.3 is 0 Å². The van der Waals surface area contributed by atoms with Crippen molar-refractivity contribution < 1.29 is 5.11 Å². The van der Waals surface area contributed by atoms with Crippen molar-refractivity contribution in [2.75, 3.05) is 19.7 Å². The number of H-pyrrole nitrogens is 1. The molecule has 1 atom stereocenters. The molecule has 2 N–H and O–H groups in total. The van der Waals surface area contributed by atoms with Crippen LogP contribution in [-0.2, 0) is 0 Å². The van der Waals surface area contributed by atoms with Gasteiger partial charge in [-0.2, -0.15) is 0 Å². The maximum Gasteiger partial charge on any atom is 0.0732 e. The lowest BCUT2D eigenvalue weighted by Gasteiger charge is -2.32. The lowest BCUT2D eigenvalue weighted by atomic mass is 10.1. The number of hydrogen-bond acceptors (Lipinski definition) is 2. The summed E-state index contributed by atoms with van der Waals surface area (Å²) in [7, 11) is 0. The van der Waals surface area contributed by atoms with Crippen LogP contribution >= 0.6 is 0 Å². The number of piperidine rings is 1. The zero-order valence-corrected chi connectivity index (χ0v) is 8.45. The number of aromatic amines is 1. The number of nitrogens with zero attached hydrogens (tertiary/aromatic N) is 1. The number of hydrogen-bond donors (Lipinski definition) is 2. The topological polar surface area (TPSA) is 39.3 Å². The van der Waals surface area contributed by atoms with Crippen LogP contribution in [0.4, 0.5) is 0 Å². The molecule has 0 saturated carbocycles. The van der Waals surface area contributed by atoms with Crippen molar-refractivity contribution >= 4 is 0 Å². The molecule has 3 heteroatoms. The maximum absolute atomic E-state index is 9.39. The van der Waals surface area contributed by atoms with Gasteiger partial charge in [0.2, 0.25) is 0 Å². The van der Waals surface area contributed by atoms with E-state index < -0.39 is 0 Å². The van der Waals surface area contributed by atoms with E-state index in [1.165, 1.54) is 19.3 Å². The van der Waals surface area contributed by atoms with Crippen molar-refractivity contribution in [2.45, 2.75) is 25.3 Å². The highest BCUT2D eigenvalue weighted by Crippen LogP contribution is 2.22. The van der Waals surface area contributed by atoms with Crippen molar-refractivity contribution in [3.8, 4) is 0 Å². The van der Waals surface area contributed by atoms with Crippen LogP contribution in [0.5, 0.6) is 0 Å². The smallest absolute Gasteiger partial charge is 0.0732 e. The zero-order chi connectivity index (χ0) is 9.80. The molecule has 3 nitrogen and oxygen atoms in total. The first-order valence-electron chi connectivity index (χ1n) is 5.40. The molecular formula is C11H18N2O. The SMILES string of the molecule is OCC(c1ccc[nH]1)N1CCCCC1. The first-order chi connectivity index (χ1) is 6.92. The molecule has 0 bridgehead atoms. The van der Waals surface area contributed by atoms with E-state index in [0.29, 0.717) is 0 Å². The van der Waals surface area contributed by atoms with Crippen molar-refractivity contribution in [3.63, 3.8) is 0 Å². The number of aliphatic hydroxyl groups excluding tert-OH is 1. The van der Waals surface area contributed by atoms with Crippen LogP contribution in [0.15, 0.2) is 18.3 Å². The molecule has 2 heterocycles. The first kappa shape index (κ1) is 9.74. The van der Waals surface area contributed by atoms with E-state index >= 15 is 0 Å². The van der Waals surface area contributed by atoms with Crippen molar-refractivity contribution in [1.82, 2.24) is 9.88 Å². The molecule has 0 aliphatic carbocycles.